The van der Waals surface area contributed by atoms with E-state index in [0.29, 0.717) is 47.3 Å². The van der Waals surface area contributed by atoms with Gasteiger partial charge in [0.05, 0.1) is 23.2 Å². The van der Waals surface area contributed by atoms with Crippen LogP contribution in [0.3, 0.4) is 0 Å². The van der Waals surface area contributed by atoms with E-state index in [9.17, 15) is 9.18 Å². The van der Waals surface area contributed by atoms with Gasteiger partial charge >= 0.3 is 0 Å². The molecule has 5 fully saturated rings. The van der Waals surface area contributed by atoms with Crippen LogP contribution in [0.25, 0.3) is 0 Å². The molecule has 32 heavy (non-hydrogen) atoms. The number of piperidine rings is 2. The molecule has 4 saturated heterocycles. The second kappa shape index (κ2) is 8.00. The number of nitrogens with zero attached hydrogens (tertiary/aromatic N) is 3. The van der Waals surface area contributed by atoms with Crippen LogP contribution in [0.2, 0.25) is 0 Å². The summed E-state index contributed by atoms with van der Waals surface area (Å²) in [6.07, 6.45) is 6.75. The number of benzene rings is 1. The highest BCUT2D eigenvalue weighted by Gasteiger charge is 2.48. The lowest BCUT2D eigenvalue weighted by atomic mass is 9.67. The number of piperazine rings is 1. The van der Waals surface area contributed by atoms with Gasteiger partial charge in [-0.3, -0.25) is 9.69 Å². The van der Waals surface area contributed by atoms with Crippen molar-refractivity contribution in [2.24, 2.45) is 17.8 Å². The van der Waals surface area contributed by atoms with Gasteiger partial charge in [0.25, 0.3) is 0 Å². The van der Waals surface area contributed by atoms with Crippen molar-refractivity contribution in [2.75, 3.05) is 31.1 Å². The monoisotopic (exact) mass is 437 g/mol. The minimum atomic E-state index is -0.288. The molecule has 7 heteroatoms. The molecule has 170 valence electrons. The molecular formula is C25H32FN5O. The van der Waals surface area contributed by atoms with Crippen molar-refractivity contribution in [1.29, 1.82) is 5.26 Å². The first-order valence-corrected chi connectivity index (χ1v) is 12.3. The predicted molar refractivity (Wildman–Crippen MR) is 120 cm³/mol. The van der Waals surface area contributed by atoms with Crippen LogP contribution >= 0.6 is 0 Å². The first-order valence-electron chi connectivity index (χ1n) is 12.3. The number of likely N-dealkylation sites (tertiary alicyclic amines) is 1. The molecule has 7 atom stereocenters. The van der Waals surface area contributed by atoms with Gasteiger partial charge in [0.15, 0.2) is 0 Å². The Morgan fingerprint density at radius 2 is 2.06 bits per heavy atom. The summed E-state index contributed by atoms with van der Waals surface area (Å²) < 4.78 is 14.5. The molecule has 5 unspecified atom stereocenters. The van der Waals surface area contributed by atoms with E-state index in [1.165, 1.54) is 18.9 Å². The summed E-state index contributed by atoms with van der Waals surface area (Å²) in [5.74, 6) is 1.35. The maximum absolute atomic E-state index is 14.5. The van der Waals surface area contributed by atoms with Crippen LogP contribution < -0.4 is 15.5 Å². The van der Waals surface area contributed by atoms with E-state index in [0.717, 1.165) is 51.9 Å². The summed E-state index contributed by atoms with van der Waals surface area (Å²) in [4.78, 5) is 17.5. The predicted octanol–water partition coefficient (Wildman–Crippen LogP) is 2.24. The van der Waals surface area contributed by atoms with Crippen molar-refractivity contribution in [3.05, 3.63) is 29.6 Å². The topological polar surface area (TPSA) is 71.4 Å². The lowest BCUT2D eigenvalue weighted by Crippen LogP contribution is -2.64. The number of hydrogen-bond acceptors (Lipinski definition) is 5. The SMILES string of the molecule is N#Cc1ccc(N2C[C@@H]3C[C@H]2CN3CC2CCC3C(C2)NC(=O)C2CCCNC23)c(F)c1. The zero-order chi connectivity index (χ0) is 21.8. The van der Waals surface area contributed by atoms with Crippen LogP contribution in [-0.2, 0) is 4.79 Å². The summed E-state index contributed by atoms with van der Waals surface area (Å²) in [5, 5.41) is 16.0. The molecule has 5 aliphatic rings. The molecule has 2 bridgehead atoms. The number of anilines is 1. The molecule has 0 radical (unpaired) electrons. The van der Waals surface area contributed by atoms with Gasteiger partial charge in [-0.15, -0.1) is 0 Å². The van der Waals surface area contributed by atoms with Crippen molar-refractivity contribution >= 4 is 11.6 Å². The quantitative estimate of drug-likeness (QED) is 0.759. The number of carbonyl (C=O) groups excluding carboxylic acids is 1. The Balaban J connectivity index is 1.07. The van der Waals surface area contributed by atoms with Crippen molar-refractivity contribution in [3.63, 3.8) is 0 Å². The molecule has 6 nitrogen and oxygen atoms in total. The van der Waals surface area contributed by atoms with E-state index in [1.54, 1.807) is 12.1 Å². The average Bonchev–Trinajstić information content (AvgIpc) is 3.39. The molecule has 2 N–H and O–H groups in total. The number of nitrogens with one attached hydrogen (secondary N) is 2. The average molecular weight is 438 g/mol. The number of halogens is 1. The standard InChI is InChI=1S/C25H32FN5O/c26-21-8-15(11-27)4-6-23(21)31-14-17-10-18(31)13-30(17)12-16-3-5-19-22(9-16)29-25(32)20-2-1-7-28-24(19)20/h4,6,8,16-20,22,24,28H,1-3,5,7,9-10,12-14H2,(H,29,32)/t16?,17-,18-,19?,20?,22?,24?/m0/s1. The molecular weight excluding hydrogens is 405 g/mol. The van der Waals surface area contributed by atoms with E-state index >= 15 is 0 Å². The van der Waals surface area contributed by atoms with Crippen molar-refractivity contribution < 1.29 is 9.18 Å². The lowest BCUT2D eigenvalue weighted by Gasteiger charge is -2.50. The molecule has 1 aromatic rings. The Morgan fingerprint density at radius 3 is 2.84 bits per heavy atom. The van der Waals surface area contributed by atoms with Gasteiger partial charge in [-0.1, -0.05) is 0 Å². The third-order valence-corrected chi connectivity index (χ3v) is 8.88. The number of carbonyl (C=O) groups is 1. The van der Waals surface area contributed by atoms with Crippen LogP contribution in [0.5, 0.6) is 0 Å². The van der Waals surface area contributed by atoms with E-state index in [2.05, 4.69) is 20.4 Å². The molecule has 0 spiro atoms. The van der Waals surface area contributed by atoms with E-state index in [4.69, 9.17) is 5.26 Å². The first kappa shape index (κ1) is 20.4. The number of rotatable bonds is 3. The fraction of sp³-hybridized carbons (Fsp3) is 0.680. The molecule has 6 rings (SSSR count). The Morgan fingerprint density at radius 1 is 1.16 bits per heavy atom. The van der Waals surface area contributed by atoms with Crippen LogP contribution in [-0.4, -0.2) is 61.2 Å². The number of hydrogen-bond donors (Lipinski definition) is 2. The summed E-state index contributed by atoms with van der Waals surface area (Å²) in [6.45, 7) is 3.98. The second-order valence-electron chi connectivity index (χ2n) is 10.6. The Labute approximate surface area is 189 Å². The van der Waals surface area contributed by atoms with Gasteiger partial charge in [-0.25, -0.2) is 4.39 Å². The summed E-state index contributed by atoms with van der Waals surface area (Å²) in [6, 6.07) is 8.35. The van der Waals surface area contributed by atoms with Gasteiger partial charge in [0.2, 0.25) is 5.91 Å². The molecule has 1 aromatic carbocycles. The van der Waals surface area contributed by atoms with Gasteiger partial charge in [-0.2, -0.15) is 5.26 Å². The van der Waals surface area contributed by atoms with Crippen molar-refractivity contribution in [1.82, 2.24) is 15.5 Å². The smallest absolute Gasteiger partial charge is 0.224 e. The summed E-state index contributed by atoms with van der Waals surface area (Å²) >= 11 is 0. The van der Waals surface area contributed by atoms with Crippen LogP contribution in [0.4, 0.5) is 10.1 Å². The van der Waals surface area contributed by atoms with Crippen molar-refractivity contribution in [2.45, 2.75) is 62.7 Å². The largest absolute Gasteiger partial charge is 0.363 e. The first-order chi connectivity index (χ1) is 15.6. The van der Waals surface area contributed by atoms with E-state index < -0.39 is 0 Å². The minimum Gasteiger partial charge on any atom is -0.363 e. The summed E-state index contributed by atoms with van der Waals surface area (Å²) in [5.41, 5.74) is 1.01. The molecule has 1 amide bonds. The zero-order valence-corrected chi connectivity index (χ0v) is 18.5. The maximum atomic E-state index is 14.5. The Kier molecular flexibility index (Phi) is 5.11. The molecule has 4 heterocycles. The van der Waals surface area contributed by atoms with E-state index in [1.807, 2.05) is 6.07 Å². The summed E-state index contributed by atoms with van der Waals surface area (Å²) in [7, 11) is 0. The van der Waals surface area contributed by atoms with Gasteiger partial charge < -0.3 is 15.5 Å². The molecule has 1 saturated carbocycles. The molecule has 4 aliphatic heterocycles. The highest BCUT2D eigenvalue weighted by molar-refractivity contribution is 5.81. The fourth-order valence-corrected chi connectivity index (χ4v) is 7.40. The minimum absolute atomic E-state index is 0.171. The normalized spacial score (nSPS) is 38.7. The zero-order valence-electron chi connectivity index (χ0n) is 18.5. The number of amides is 1. The van der Waals surface area contributed by atoms with E-state index in [-0.39, 0.29) is 17.6 Å². The van der Waals surface area contributed by atoms with Crippen molar-refractivity contribution in [3.8, 4) is 6.07 Å². The van der Waals surface area contributed by atoms with Crippen LogP contribution in [0, 0.1) is 34.9 Å². The van der Waals surface area contributed by atoms with Gasteiger partial charge in [0.1, 0.15) is 5.82 Å². The third kappa shape index (κ3) is 3.39. The van der Waals surface area contributed by atoms with Gasteiger partial charge in [-0.05, 0) is 75.1 Å². The lowest BCUT2D eigenvalue weighted by molar-refractivity contribution is -0.133. The van der Waals surface area contributed by atoms with Crippen LogP contribution in [0.1, 0.15) is 44.1 Å². The molecule has 0 aromatic heterocycles. The third-order valence-electron chi connectivity index (χ3n) is 8.88. The maximum Gasteiger partial charge on any atom is 0.224 e. The highest BCUT2D eigenvalue weighted by atomic mass is 19.1. The van der Waals surface area contributed by atoms with Gasteiger partial charge in [0, 0.05) is 43.8 Å². The fourth-order valence-electron chi connectivity index (χ4n) is 7.40. The second-order valence-corrected chi connectivity index (χ2v) is 10.6. The number of fused-ring (bicyclic) bond motifs is 5. The Bertz CT molecular complexity index is 947. The number of nitriles is 1. The Hall–Kier alpha value is -2.17. The molecule has 1 aliphatic carbocycles. The van der Waals surface area contributed by atoms with Crippen LogP contribution in [0.15, 0.2) is 18.2 Å². The highest BCUT2D eigenvalue weighted by Crippen LogP contribution is 2.41.